The predicted molar refractivity (Wildman–Crippen MR) is 140 cm³/mol. The Morgan fingerprint density at radius 1 is 1.06 bits per heavy atom. The number of nitrogens with one attached hydrogen (secondary N) is 1. The molecule has 2 aromatic rings. The molecule has 1 aliphatic carbocycles. The van der Waals surface area contributed by atoms with Gasteiger partial charge in [0.1, 0.15) is 12.6 Å². The summed E-state index contributed by atoms with van der Waals surface area (Å²) in [7, 11) is -3.81. The molecule has 1 N–H and O–H groups in total. The summed E-state index contributed by atoms with van der Waals surface area (Å²) in [5.41, 5.74) is 1.26. The van der Waals surface area contributed by atoms with E-state index in [4.69, 9.17) is 11.6 Å². The van der Waals surface area contributed by atoms with Gasteiger partial charge in [-0.2, -0.15) is 0 Å². The van der Waals surface area contributed by atoms with Crippen LogP contribution in [-0.4, -0.2) is 56.6 Å². The van der Waals surface area contributed by atoms with Gasteiger partial charge in [-0.05, 0) is 43.4 Å². The van der Waals surface area contributed by atoms with Crippen LogP contribution in [0.15, 0.2) is 54.6 Å². The van der Waals surface area contributed by atoms with Gasteiger partial charge in [0.25, 0.3) is 0 Å². The smallest absolute Gasteiger partial charge is 0.244 e. The lowest BCUT2D eigenvalue weighted by Gasteiger charge is -2.33. The van der Waals surface area contributed by atoms with E-state index in [0.717, 1.165) is 41.8 Å². The zero-order chi connectivity index (χ0) is 25.4. The van der Waals surface area contributed by atoms with E-state index in [1.165, 1.54) is 4.90 Å². The van der Waals surface area contributed by atoms with E-state index >= 15 is 0 Å². The highest BCUT2D eigenvalue weighted by molar-refractivity contribution is 7.92. The Labute approximate surface area is 213 Å². The molecule has 2 amide bonds. The summed E-state index contributed by atoms with van der Waals surface area (Å²) >= 11 is 6.27. The van der Waals surface area contributed by atoms with Crippen molar-refractivity contribution in [3.05, 3.63) is 65.2 Å². The second-order valence-electron chi connectivity index (χ2n) is 8.96. The number of carbonyl (C=O) groups excluding carboxylic acids is 2. The van der Waals surface area contributed by atoms with E-state index in [-0.39, 0.29) is 22.7 Å². The maximum Gasteiger partial charge on any atom is 0.244 e. The molecule has 0 spiro atoms. The molecule has 0 aliphatic heterocycles. The lowest BCUT2D eigenvalue weighted by Crippen LogP contribution is -2.54. The average molecular weight is 520 g/mol. The third kappa shape index (κ3) is 7.45. The number of para-hydroxylation sites is 1. The number of sulfonamides is 1. The van der Waals surface area contributed by atoms with Crippen LogP contribution in [-0.2, 0) is 26.0 Å². The van der Waals surface area contributed by atoms with E-state index in [0.29, 0.717) is 19.4 Å². The number of nitrogens with zero attached hydrogens (tertiary/aromatic N) is 2. The third-order valence-corrected chi connectivity index (χ3v) is 7.82. The average Bonchev–Trinajstić information content (AvgIpc) is 3.33. The van der Waals surface area contributed by atoms with Crippen molar-refractivity contribution < 1.29 is 18.0 Å². The van der Waals surface area contributed by atoms with Crippen LogP contribution < -0.4 is 9.62 Å². The van der Waals surface area contributed by atoms with Gasteiger partial charge >= 0.3 is 0 Å². The number of anilines is 1. The fourth-order valence-electron chi connectivity index (χ4n) is 4.51. The highest BCUT2D eigenvalue weighted by Crippen LogP contribution is 2.27. The highest BCUT2D eigenvalue weighted by atomic mass is 35.5. The first-order valence-electron chi connectivity index (χ1n) is 12.1. The van der Waals surface area contributed by atoms with Crippen LogP contribution in [0.4, 0.5) is 5.69 Å². The molecule has 190 valence electrons. The molecule has 0 bridgehead atoms. The van der Waals surface area contributed by atoms with Crippen molar-refractivity contribution in [2.45, 2.75) is 57.5 Å². The highest BCUT2D eigenvalue weighted by Gasteiger charge is 2.33. The van der Waals surface area contributed by atoms with E-state index in [2.05, 4.69) is 5.32 Å². The minimum Gasteiger partial charge on any atom is -0.352 e. The molecule has 0 aromatic heterocycles. The van der Waals surface area contributed by atoms with E-state index in [1.807, 2.05) is 37.3 Å². The molecule has 3 rings (SSSR count). The number of carbonyl (C=O) groups is 2. The van der Waals surface area contributed by atoms with Gasteiger partial charge in [0.15, 0.2) is 0 Å². The Bertz CT molecular complexity index is 1100. The van der Waals surface area contributed by atoms with Gasteiger partial charge in [0.2, 0.25) is 21.8 Å². The molecule has 1 aliphatic rings. The van der Waals surface area contributed by atoms with Crippen LogP contribution in [0.5, 0.6) is 0 Å². The molecule has 35 heavy (non-hydrogen) atoms. The van der Waals surface area contributed by atoms with Gasteiger partial charge < -0.3 is 10.2 Å². The first-order valence-corrected chi connectivity index (χ1v) is 14.3. The molecule has 1 fully saturated rings. The minimum atomic E-state index is -3.81. The Morgan fingerprint density at radius 3 is 2.29 bits per heavy atom. The molecule has 7 nitrogen and oxygen atoms in total. The Morgan fingerprint density at radius 2 is 1.69 bits per heavy atom. The predicted octanol–water partition coefficient (Wildman–Crippen LogP) is 4.01. The molecule has 0 radical (unpaired) electrons. The fourth-order valence-corrected chi connectivity index (χ4v) is 5.66. The second-order valence-corrected chi connectivity index (χ2v) is 11.3. The van der Waals surface area contributed by atoms with Gasteiger partial charge in [-0.3, -0.25) is 13.9 Å². The summed E-state index contributed by atoms with van der Waals surface area (Å²) in [4.78, 5) is 28.4. The molecular formula is C26H34ClN3O4S. The van der Waals surface area contributed by atoms with E-state index in [9.17, 15) is 18.0 Å². The third-order valence-electron chi connectivity index (χ3n) is 6.37. The summed E-state index contributed by atoms with van der Waals surface area (Å²) in [6.45, 7) is 1.72. The van der Waals surface area contributed by atoms with E-state index < -0.39 is 28.5 Å². The summed E-state index contributed by atoms with van der Waals surface area (Å²) in [6.07, 6.45) is 6.05. The molecule has 0 heterocycles. The van der Waals surface area contributed by atoms with Crippen molar-refractivity contribution >= 4 is 39.1 Å². The summed E-state index contributed by atoms with van der Waals surface area (Å²) < 4.78 is 26.3. The van der Waals surface area contributed by atoms with Crippen molar-refractivity contribution in [2.24, 2.45) is 0 Å². The number of hydrogen-bond donors (Lipinski definition) is 1. The van der Waals surface area contributed by atoms with Gasteiger partial charge in [-0.25, -0.2) is 8.42 Å². The normalized spacial score (nSPS) is 14.9. The molecule has 1 atom stereocenters. The number of amides is 2. The molecule has 9 heteroatoms. The topological polar surface area (TPSA) is 86.8 Å². The maximum atomic E-state index is 13.6. The Kier molecular flexibility index (Phi) is 9.57. The monoisotopic (exact) mass is 519 g/mol. The lowest BCUT2D eigenvalue weighted by atomic mass is 10.1. The fraction of sp³-hybridized carbons (Fsp3) is 0.462. The van der Waals surface area contributed by atoms with Crippen LogP contribution in [0.3, 0.4) is 0 Å². The minimum absolute atomic E-state index is 0.123. The Balaban J connectivity index is 1.87. The standard InChI is InChI=1S/C26H34ClN3O4S/c1-3-23(26(32)28-21-13-7-8-14-21)29(18-17-20-11-5-4-6-12-20)25(31)19-30(35(2,33)34)24-16-10-9-15-22(24)27/h4-6,9-12,15-16,21,23H,3,7-8,13-14,17-19H2,1-2H3,(H,28,32). The molecule has 0 saturated heterocycles. The SMILES string of the molecule is CCC(C(=O)NC1CCCC1)N(CCc1ccccc1)C(=O)CN(c1ccccc1Cl)S(C)(=O)=O. The van der Waals surface area contributed by atoms with Crippen molar-refractivity contribution in [1.29, 1.82) is 0 Å². The van der Waals surface area contributed by atoms with Gasteiger partial charge in [-0.1, -0.05) is 73.8 Å². The molecule has 1 unspecified atom stereocenters. The van der Waals surface area contributed by atoms with Gasteiger partial charge in [0, 0.05) is 12.6 Å². The van der Waals surface area contributed by atoms with Crippen molar-refractivity contribution in [3.8, 4) is 0 Å². The summed E-state index contributed by atoms with van der Waals surface area (Å²) in [6, 6.07) is 15.6. The van der Waals surface area contributed by atoms with Crippen LogP contribution in [0.2, 0.25) is 5.02 Å². The Hall–Kier alpha value is -2.58. The van der Waals surface area contributed by atoms with Crippen molar-refractivity contribution in [2.75, 3.05) is 23.7 Å². The number of benzene rings is 2. The number of rotatable bonds is 11. The number of hydrogen-bond acceptors (Lipinski definition) is 4. The molecule has 2 aromatic carbocycles. The largest absolute Gasteiger partial charge is 0.352 e. The zero-order valence-corrected chi connectivity index (χ0v) is 21.9. The second kappa shape index (κ2) is 12.4. The molecular weight excluding hydrogens is 486 g/mol. The number of halogens is 1. The van der Waals surface area contributed by atoms with Crippen LogP contribution in [0.25, 0.3) is 0 Å². The first kappa shape index (κ1) is 27.0. The van der Waals surface area contributed by atoms with Crippen molar-refractivity contribution in [3.63, 3.8) is 0 Å². The van der Waals surface area contributed by atoms with Gasteiger partial charge in [0.05, 0.1) is 17.0 Å². The van der Waals surface area contributed by atoms with Crippen LogP contribution >= 0.6 is 11.6 Å². The van der Waals surface area contributed by atoms with Gasteiger partial charge in [-0.15, -0.1) is 0 Å². The summed E-state index contributed by atoms with van der Waals surface area (Å²) in [5.74, 6) is -0.635. The quantitative estimate of drug-likeness (QED) is 0.486. The van der Waals surface area contributed by atoms with Crippen LogP contribution in [0.1, 0.15) is 44.6 Å². The summed E-state index contributed by atoms with van der Waals surface area (Å²) in [5, 5.41) is 3.33. The van der Waals surface area contributed by atoms with E-state index in [1.54, 1.807) is 24.3 Å². The zero-order valence-electron chi connectivity index (χ0n) is 20.3. The first-order chi connectivity index (χ1) is 16.7. The maximum absolute atomic E-state index is 13.6. The van der Waals surface area contributed by atoms with Crippen molar-refractivity contribution in [1.82, 2.24) is 10.2 Å². The molecule has 1 saturated carbocycles. The van der Waals surface area contributed by atoms with Crippen LogP contribution in [0, 0.1) is 0 Å². The lowest BCUT2D eigenvalue weighted by molar-refractivity contribution is -0.139.